The fourth-order valence-electron chi connectivity index (χ4n) is 2.50. The first-order valence-electron chi connectivity index (χ1n) is 7.02. The Kier molecular flexibility index (Phi) is 4.62. The van der Waals surface area contributed by atoms with E-state index in [-0.39, 0.29) is 17.7 Å². The van der Waals surface area contributed by atoms with Crippen molar-refractivity contribution in [1.82, 2.24) is 5.43 Å². The summed E-state index contributed by atoms with van der Waals surface area (Å²) in [4.78, 5) is 12.0. The van der Waals surface area contributed by atoms with Gasteiger partial charge in [0.25, 0.3) is 5.91 Å². The molecule has 0 bridgehead atoms. The molecule has 1 amide bonds. The lowest BCUT2D eigenvalue weighted by Crippen LogP contribution is -2.17. The normalized spacial score (nSPS) is 22.0. The quantitative estimate of drug-likeness (QED) is 0.477. The number of benzene rings is 2. The van der Waals surface area contributed by atoms with Gasteiger partial charge in [-0.1, -0.05) is 48.0 Å². The number of carbonyl (C=O) groups excluding carboxylic acids is 1. The van der Waals surface area contributed by atoms with Crippen LogP contribution in [0.4, 0.5) is 0 Å². The summed E-state index contributed by atoms with van der Waals surface area (Å²) in [6.07, 6.45) is 1.58. The molecule has 2 aromatic rings. The van der Waals surface area contributed by atoms with Crippen molar-refractivity contribution in [2.45, 2.75) is 10.3 Å². The smallest absolute Gasteiger partial charge is 0.267 e. The number of hydrazone groups is 1. The first kappa shape index (κ1) is 16.3. The van der Waals surface area contributed by atoms with Crippen LogP contribution in [0, 0.1) is 5.92 Å². The van der Waals surface area contributed by atoms with Crippen LogP contribution in [0.25, 0.3) is 0 Å². The summed E-state index contributed by atoms with van der Waals surface area (Å²) in [6, 6.07) is 16.4. The van der Waals surface area contributed by atoms with Gasteiger partial charge in [-0.05, 0) is 23.8 Å². The standard InChI is InChI=1S/C17H13Cl3N2O/c18-13-8-4-7-12(9-13)16(23)22-21-10-14-15(17(14,19)20)11-5-2-1-3-6-11/h1-10,14-15H,(H,22,23). The first-order chi connectivity index (χ1) is 11.0. The van der Waals surface area contributed by atoms with Crippen LogP contribution >= 0.6 is 34.8 Å². The molecule has 0 saturated heterocycles. The largest absolute Gasteiger partial charge is 0.271 e. The summed E-state index contributed by atoms with van der Waals surface area (Å²) in [6.45, 7) is 0. The van der Waals surface area contributed by atoms with Gasteiger partial charge >= 0.3 is 0 Å². The zero-order valence-corrected chi connectivity index (χ0v) is 14.2. The van der Waals surface area contributed by atoms with Crippen molar-refractivity contribution in [2.75, 3.05) is 0 Å². The van der Waals surface area contributed by atoms with Gasteiger partial charge in [0.1, 0.15) is 4.33 Å². The van der Waals surface area contributed by atoms with Gasteiger partial charge < -0.3 is 0 Å². The van der Waals surface area contributed by atoms with E-state index >= 15 is 0 Å². The summed E-state index contributed by atoms with van der Waals surface area (Å²) in [5.41, 5.74) is 3.95. The minimum Gasteiger partial charge on any atom is -0.267 e. The highest BCUT2D eigenvalue weighted by Gasteiger charge is 2.63. The Labute approximate surface area is 149 Å². The van der Waals surface area contributed by atoms with Gasteiger partial charge in [0.2, 0.25) is 0 Å². The van der Waals surface area contributed by atoms with Crippen LogP contribution in [-0.2, 0) is 0 Å². The summed E-state index contributed by atoms with van der Waals surface area (Å²) >= 11 is 18.5. The maximum Gasteiger partial charge on any atom is 0.271 e. The molecule has 0 aromatic heterocycles. The van der Waals surface area contributed by atoms with Crippen LogP contribution in [-0.4, -0.2) is 16.5 Å². The third-order valence-electron chi connectivity index (χ3n) is 3.76. The van der Waals surface area contributed by atoms with Gasteiger partial charge in [-0.2, -0.15) is 5.10 Å². The maximum atomic E-state index is 12.0. The van der Waals surface area contributed by atoms with E-state index in [1.807, 2.05) is 30.3 Å². The van der Waals surface area contributed by atoms with Crippen molar-refractivity contribution in [1.29, 1.82) is 0 Å². The molecule has 2 aromatic carbocycles. The molecule has 1 aliphatic rings. The second kappa shape index (κ2) is 6.52. The fraction of sp³-hybridized carbons (Fsp3) is 0.176. The molecule has 1 saturated carbocycles. The Morgan fingerprint density at radius 2 is 1.87 bits per heavy atom. The number of amides is 1. The molecule has 2 atom stereocenters. The molecular weight excluding hydrogens is 355 g/mol. The van der Waals surface area contributed by atoms with E-state index in [4.69, 9.17) is 34.8 Å². The van der Waals surface area contributed by atoms with Crippen molar-refractivity contribution in [3.05, 3.63) is 70.7 Å². The average molecular weight is 368 g/mol. The van der Waals surface area contributed by atoms with Crippen LogP contribution in [0.3, 0.4) is 0 Å². The van der Waals surface area contributed by atoms with Crippen molar-refractivity contribution < 1.29 is 4.79 Å². The van der Waals surface area contributed by atoms with E-state index in [9.17, 15) is 4.79 Å². The second-order valence-corrected chi connectivity index (χ2v) is 7.20. The lowest BCUT2D eigenvalue weighted by Gasteiger charge is -1.99. The van der Waals surface area contributed by atoms with Gasteiger partial charge in [0.15, 0.2) is 0 Å². The molecule has 0 aliphatic heterocycles. The zero-order valence-electron chi connectivity index (χ0n) is 11.9. The lowest BCUT2D eigenvalue weighted by molar-refractivity contribution is 0.0955. The molecule has 0 heterocycles. The number of carbonyl (C=O) groups is 1. The Morgan fingerprint density at radius 3 is 2.57 bits per heavy atom. The molecule has 1 aliphatic carbocycles. The zero-order chi connectivity index (χ0) is 16.4. The number of alkyl halides is 2. The highest BCUT2D eigenvalue weighted by atomic mass is 35.5. The van der Waals surface area contributed by atoms with E-state index in [1.165, 1.54) is 0 Å². The summed E-state index contributed by atoms with van der Waals surface area (Å²) in [7, 11) is 0. The van der Waals surface area contributed by atoms with E-state index in [0.717, 1.165) is 5.56 Å². The Morgan fingerprint density at radius 1 is 1.13 bits per heavy atom. The average Bonchev–Trinajstić information content (AvgIpc) is 3.09. The fourth-order valence-corrected chi connectivity index (χ4v) is 3.45. The minimum atomic E-state index is -0.897. The van der Waals surface area contributed by atoms with Crippen molar-refractivity contribution in [3.63, 3.8) is 0 Å². The Bertz CT molecular complexity index is 747. The predicted octanol–water partition coefficient (Wildman–Crippen LogP) is 4.64. The van der Waals surface area contributed by atoms with E-state index in [0.29, 0.717) is 10.6 Å². The number of rotatable bonds is 4. The molecular formula is C17H13Cl3N2O. The van der Waals surface area contributed by atoms with E-state index in [2.05, 4.69) is 10.5 Å². The number of nitrogens with one attached hydrogen (secondary N) is 1. The molecule has 2 unspecified atom stereocenters. The van der Waals surface area contributed by atoms with Crippen LogP contribution in [0.2, 0.25) is 5.02 Å². The van der Waals surface area contributed by atoms with Crippen LogP contribution in [0.15, 0.2) is 59.7 Å². The summed E-state index contributed by atoms with van der Waals surface area (Å²) in [5.74, 6) is -0.512. The lowest BCUT2D eigenvalue weighted by atomic mass is 10.1. The summed E-state index contributed by atoms with van der Waals surface area (Å²) in [5, 5.41) is 4.47. The predicted molar refractivity (Wildman–Crippen MR) is 94.5 cm³/mol. The minimum absolute atomic E-state index is 0.0288. The molecule has 23 heavy (non-hydrogen) atoms. The highest BCUT2D eigenvalue weighted by Crippen LogP contribution is 2.63. The number of nitrogens with zero attached hydrogens (tertiary/aromatic N) is 1. The van der Waals surface area contributed by atoms with E-state index in [1.54, 1.807) is 30.5 Å². The van der Waals surface area contributed by atoms with Crippen molar-refractivity contribution in [3.8, 4) is 0 Å². The molecule has 1 fully saturated rings. The van der Waals surface area contributed by atoms with Crippen molar-refractivity contribution >= 4 is 46.9 Å². The molecule has 0 spiro atoms. The first-order valence-corrected chi connectivity index (χ1v) is 8.15. The topological polar surface area (TPSA) is 41.5 Å². The molecule has 3 rings (SSSR count). The maximum absolute atomic E-state index is 12.0. The third-order valence-corrected chi connectivity index (χ3v) is 4.97. The number of halogens is 3. The highest BCUT2D eigenvalue weighted by molar-refractivity contribution is 6.53. The van der Waals surface area contributed by atoms with Gasteiger partial charge in [0.05, 0.1) is 0 Å². The van der Waals surface area contributed by atoms with Gasteiger partial charge in [-0.25, -0.2) is 5.43 Å². The number of hydrogen-bond donors (Lipinski definition) is 1. The number of hydrogen-bond acceptors (Lipinski definition) is 2. The van der Waals surface area contributed by atoms with Gasteiger partial charge in [-0.3, -0.25) is 4.79 Å². The third kappa shape index (κ3) is 3.52. The Balaban J connectivity index is 1.64. The molecule has 118 valence electrons. The van der Waals surface area contributed by atoms with Gasteiger partial charge in [0, 0.05) is 28.6 Å². The molecule has 1 N–H and O–H groups in total. The SMILES string of the molecule is O=C(NN=CC1C(c2ccccc2)C1(Cl)Cl)c1cccc(Cl)c1. The van der Waals surface area contributed by atoms with Crippen molar-refractivity contribution in [2.24, 2.45) is 11.0 Å². The van der Waals surface area contributed by atoms with Crippen LogP contribution < -0.4 is 5.43 Å². The monoisotopic (exact) mass is 366 g/mol. The Hall–Kier alpha value is -1.55. The van der Waals surface area contributed by atoms with Gasteiger partial charge in [-0.15, -0.1) is 23.2 Å². The second-order valence-electron chi connectivity index (χ2n) is 5.32. The molecule has 6 heteroatoms. The van der Waals surface area contributed by atoms with E-state index < -0.39 is 4.33 Å². The van der Waals surface area contributed by atoms with Crippen LogP contribution in [0.5, 0.6) is 0 Å². The molecule has 0 radical (unpaired) electrons. The molecule has 3 nitrogen and oxygen atoms in total. The summed E-state index contributed by atoms with van der Waals surface area (Å²) < 4.78 is -0.897. The van der Waals surface area contributed by atoms with Crippen LogP contribution in [0.1, 0.15) is 21.8 Å².